The number of amides is 1. The molecule has 8 nitrogen and oxygen atoms in total. The highest BCUT2D eigenvalue weighted by Crippen LogP contribution is 2.31. The number of hydrogen-bond donors (Lipinski definition) is 1. The van der Waals surface area contributed by atoms with Crippen LogP contribution in [0.3, 0.4) is 0 Å². The molecule has 1 aliphatic heterocycles. The van der Waals surface area contributed by atoms with Crippen LogP contribution in [0.1, 0.15) is 12.5 Å². The van der Waals surface area contributed by atoms with Gasteiger partial charge in [-0.2, -0.15) is 0 Å². The van der Waals surface area contributed by atoms with Crippen LogP contribution in [0.5, 0.6) is 0 Å². The fourth-order valence-electron chi connectivity index (χ4n) is 5.06. The summed E-state index contributed by atoms with van der Waals surface area (Å²) >= 11 is 0. The number of benzene rings is 2. The van der Waals surface area contributed by atoms with Crippen molar-refractivity contribution in [3.8, 4) is 40.2 Å². The number of carbonyl (C=O) groups is 1. The van der Waals surface area contributed by atoms with Crippen molar-refractivity contribution in [1.82, 2.24) is 29.3 Å². The Hall–Kier alpha value is -5.00. The minimum atomic E-state index is -0.0897. The number of piperazine rings is 1. The predicted molar refractivity (Wildman–Crippen MR) is 157 cm³/mol. The van der Waals surface area contributed by atoms with Crippen molar-refractivity contribution in [2.45, 2.75) is 13.5 Å². The van der Waals surface area contributed by atoms with Crippen LogP contribution >= 0.6 is 0 Å². The normalized spacial score (nSPS) is 13.7. The van der Waals surface area contributed by atoms with Crippen molar-refractivity contribution in [2.75, 3.05) is 31.9 Å². The zero-order chi connectivity index (χ0) is 27.5. The fraction of sp³-hybridized carbons (Fsp3) is 0.188. The Morgan fingerprint density at radius 3 is 2.40 bits per heavy atom. The van der Waals surface area contributed by atoms with E-state index in [-0.39, 0.29) is 5.91 Å². The first-order chi connectivity index (χ1) is 19.6. The lowest BCUT2D eigenvalue weighted by molar-refractivity contribution is -0.126. The molecule has 1 saturated heterocycles. The van der Waals surface area contributed by atoms with Crippen LogP contribution in [0.4, 0.5) is 5.82 Å². The van der Waals surface area contributed by atoms with Crippen molar-refractivity contribution < 1.29 is 4.79 Å². The first-order valence-electron chi connectivity index (χ1n) is 13.3. The highest BCUT2D eigenvalue weighted by Gasteiger charge is 2.21. The van der Waals surface area contributed by atoms with Gasteiger partial charge in [0.15, 0.2) is 11.5 Å². The Bertz CT molecular complexity index is 1720. The lowest BCUT2D eigenvalue weighted by Gasteiger charge is -2.33. The van der Waals surface area contributed by atoms with Gasteiger partial charge in [-0.15, -0.1) is 0 Å². The summed E-state index contributed by atoms with van der Waals surface area (Å²) < 4.78 is 2.05. The molecule has 40 heavy (non-hydrogen) atoms. The fourth-order valence-corrected chi connectivity index (χ4v) is 5.06. The van der Waals surface area contributed by atoms with E-state index >= 15 is 0 Å². The number of rotatable bonds is 5. The van der Waals surface area contributed by atoms with Gasteiger partial charge in [-0.1, -0.05) is 48.4 Å². The van der Waals surface area contributed by atoms with Gasteiger partial charge in [0.25, 0.3) is 5.91 Å². The molecule has 3 aromatic heterocycles. The van der Waals surface area contributed by atoms with E-state index in [9.17, 15) is 4.79 Å². The zero-order valence-electron chi connectivity index (χ0n) is 22.3. The highest BCUT2D eigenvalue weighted by molar-refractivity contribution is 5.93. The maximum absolute atomic E-state index is 12.1. The summed E-state index contributed by atoms with van der Waals surface area (Å²) in [6.07, 6.45) is 1.68. The molecular formula is C32H29N7O. The minimum Gasteiger partial charge on any atom is -0.383 e. The molecule has 0 bridgehead atoms. The van der Waals surface area contributed by atoms with Crippen LogP contribution in [-0.2, 0) is 11.3 Å². The second-order valence-electron chi connectivity index (χ2n) is 9.72. The molecule has 8 heteroatoms. The molecule has 1 aliphatic rings. The summed E-state index contributed by atoms with van der Waals surface area (Å²) in [5, 5.41) is 0. The largest absolute Gasteiger partial charge is 0.383 e. The van der Waals surface area contributed by atoms with E-state index in [0.29, 0.717) is 24.7 Å². The second kappa shape index (κ2) is 11.0. The maximum atomic E-state index is 12.1. The molecule has 198 valence electrons. The molecule has 0 unspecified atom stereocenters. The number of anilines is 1. The molecule has 2 aromatic carbocycles. The molecule has 2 N–H and O–H groups in total. The quantitative estimate of drug-likeness (QED) is 0.341. The topological polar surface area (TPSA) is 93.2 Å². The van der Waals surface area contributed by atoms with Crippen LogP contribution in [0.25, 0.3) is 39.5 Å². The molecule has 0 atom stereocenters. The number of fused-ring (bicyclic) bond motifs is 1. The van der Waals surface area contributed by atoms with Crippen molar-refractivity contribution >= 4 is 22.9 Å². The highest BCUT2D eigenvalue weighted by atomic mass is 16.2. The van der Waals surface area contributed by atoms with E-state index < -0.39 is 0 Å². The zero-order valence-corrected chi connectivity index (χ0v) is 22.3. The van der Waals surface area contributed by atoms with Crippen LogP contribution in [0.2, 0.25) is 0 Å². The number of hydrogen-bond acceptors (Lipinski definition) is 6. The van der Waals surface area contributed by atoms with Crippen molar-refractivity contribution in [2.24, 2.45) is 0 Å². The summed E-state index contributed by atoms with van der Waals surface area (Å²) in [7, 11) is 0. The van der Waals surface area contributed by atoms with Crippen LogP contribution in [-0.4, -0.2) is 61.4 Å². The molecule has 5 aromatic rings. The van der Waals surface area contributed by atoms with Gasteiger partial charge in [0.1, 0.15) is 11.3 Å². The van der Waals surface area contributed by atoms with Gasteiger partial charge < -0.3 is 10.6 Å². The van der Waals surface area contributed by atoms with Gasteiger partial charge in [-0.25, -0.2) is 15.0 Å². The number of imidazole rings is 1. The molecule has 1 amide bonds. The molecule has 0 saturated carbocycles. The van der Waals surface area contributed by atoms with Gasteiger partial charge >= 0.3 is 0 Å². The molecule has 0 spiro atoms. The van der Waals surface area contributed by atoms with Crippen molar-refractivity contribution in [1.29, 1.82) is 0 Å². The van der Waals surface area contributed by atoms with E-state index in [1.165, 1.54) is 5.56 Å². The lowest BCUT2D eigenvalue weighted by Crippen LogP contribution is -2.47. The van der Waals surface area contributed by atoms with Crippen LogP contribution < -0.4 is 5.73 Å². The average molecular weight is 528 g/mol. The number of pyridine rings is 2. The number of nitrogens with zero attached hydrogens (tertiary/aromatic N) is 6. The van der Waals surface area contributed by atoms with Crippen LogP contribution in [0.15, 0.2) is 85.1 Å². The first kappa shape index (κ1) is 25.3. The summed E-state index contributed by atoms with van der Waals surface area (Å²) in [6, 6.07) is 26.4. The SMILES string of the molecule is CC#CC(=O)N1CCN(Cc2ccc(-n3c(-c4cccnc4N)nc4ccc(-c5ccccc5)nc43)cc2)CC1. The molecule has 1 fully saturated rings. The van der Waals surface area contributed by atoms with Crippen LogP contribution in [0, 0.1) is 11.8 Å². The third-order valence-corrected chi connectivity index (χ3v) is 7.15. The smallest absolute Gasteiger partial charge is 0.298 e. The molecular weight excluding hydrogens is 498 g/mol. The van der Waals surface area contributed by atoms with Gasteiger partial charge in [0.05, 0.1) is 11.3 Å². The Balaban J connectivity index is 1.33. The number of carbonyl (C=O) groups excluding carboxylic acids is 1. The number of nitrogens with two attached hydrogens (primary N) is 1. The summed E-state index contributed by atoms with van der Waals surface area (Å²) in [6.45, 7) is 5.53. The number of aromatic nitrogens is 4. The monoisotopic (exact) mass is 527 g/mol. The third-order valence-electron chi connectivity index (χ3n) is 7.15. The molecule has 6 rings (SSSR count). The Labute approximate surface area is 233 Å². The Morgan fingerprint density at radius 2 is 1.68 bits per heavy atom. The van der Waals surface area contributed by atoms with E-state index in [2.05, 4.69) is 62.7 Å². The first-order valence-corrected chi connectivity index (χ1v) is 13.3. The molecule has 4 heterocycles. The van der Waals surface area contributed by atoms with E-state index in [0.717, 1.165) is 53.3 Å². The van der Waals surface area contributed by atoms with Gasteiger partial charge in [-0.05, 0) is 54.8 Å². The van der Waals surface area contributed by atoms with Crippen molar-refractivity contribution in [3.63, 3.8) is 0 Å². The van der Waals surface area contributed by atoms with Crippen molar-refractivity contribution in [3.05, 3.63) is 90.6 Å². The Morgan fingerprint density at radius 1 is 0.900 bits per heavy atom. The van der Waals surface area contributed by atoms with Gasteiger partial charge in [0.2, 0.25) is 0 Å². The summed E-state index contributed by atoms with van der Waals surface area (Å²) in [5.74, 6) is 6.36. The Kier molecular flexibility index (Phi) is 6.96. The third kappa shape index (κ3) is 5.03. The predicted octanol–water partition coefficient (Wildman–Crippen LogP) is 4.40. The molecule has 0 radical (unpaired) electrons. The minimum absolute atomic E-state index is 0.0897. The maximum Gasteiger partial charge on any atom is 0.298 e. The van der Waals surface area contributed by atoms with Gasteiger partial charge in [-0.3, -0.25) is 14.3 Å². The summed E-state index contributed by atoms with van der Waals surface area (Å²) in [5.41, 5.74) is 12.6. The lowest BCUT2D eigenvalue weighted by atomic mass is 10.1. The standard InChI is InChI=1S/C32H29N7O/c1-2-7-29(40)38-20-18-37(19-21-38)22-23-11-13-25(14-12-23)39-31(26-10-6-17-34-30(26)33)36-28-16-15-27(35-32(28)39)24-8-4-3-5-9-24/h3-6,8-17H,18-22H2,1H3,(H2,33,34). The number of nitrogen functional groups attached to an aromatic ring is 1. The van der Waals surface area contributed by atoms with Gasteiger partial charge in [0, 0.05) is 50.2 Å². The average Bonchev–Trinajstić information content (AvgIpc) is 3.37. The molecule has 0 aliphatic carbocycles. The summed E-state index contributed by atoms with van der Waals surface area (Å²) in [4.78, 5) is 30.5. The van der Waals surface area contributed by atoms with E-state index in [4.69, 9.17) is 15.7 Å². The van der Waals surface area contributed by atoms with E-state index in [1.54, 1.807) is 13.1 Å². The van der Waals surface area contributed by atoms with E-state index in [1.807, 2.05) is 47.4 Å². The second-order valence-corrected chi connectivity index (χ2v) is 9.72.